The fourth-order valence-corrected chi connectivity index (χ4v) is 2.29. The highest BCUT2D eigenvalue weighted by atomic mass is 79.9. The van der Waals surface area contributed by atoms with E-state index in [0.29, 0.717) is 18.5 Å². The van der Waals surface area contributed by atoms with Gasteiger partial charge in [0.15, 0.2) is 0 Å². The van der Waals surface area contributed by atoms with E-state index in [1.807, 2.05) is 30.3 Å². The van der Waals surface area contributed by atoms with Gasteiger partial charge in [0.2, 0.25) is 0 Å². The maximum Gasteiger partial charge on any atom is 0.326 e. The molecule has 0 saturated heterocycles. The van der Waals surface area contributed by atoms with Crippen molar-refractivity contribution >= 4 is 27.8 Å². The van der Waals surface area contributed by atoms with Gasteiger partial charge >= 0.3 is 5.97 Å². The summed E-state index contributed by atoms with van der Waals surface area (Å²) in [6, 6.07) is 10.3. The Morgan fingerprint density at radius 1 is 1.29 bits per heavy atom. The Labute approximate surface area is 130 Å². The molecule has 1 heterocycles. The van der Waals surface area contributed by atoms with Crippen molar-refractivity contribution in [3.8, 4) is 0 Å². The number of amides is 1. The van der Waals surface area contributed by atoms with E-state index >= 15 is 0 Å². The van der Waals surface area contributed by atoms with E-state index in [0.717, 1.165) is 10.0 Å². The quantitative estimate of drug-likeness (QED) is 0.748. The summed E-state index contributed by atoms with van der Waals surface area (Å²) in [6.07, 6.45) is 2.55. The fourth-order valence-electron chi connectivity index (χ4n) is 1.95. The molecule has 6 heteroatoms. The number of aliphatic carboxylic acids is 1. The fraction of sp³-hybridized carbons (Fsp3) is 0.200. The van der Waals surface area contributed by atoms with Crippen molar-refractivity contribution in [2.24, 2.45) is 0 Å². The van der Waals surface area contributed by atoms with Crippen molar-refractivity contribution in [3.63, 3.8) is 0 Å². The third-order valence-electron chi connectivity index (χ3n) is 3.06. The predicted molar refractivity (Wildman–Crippen MR) is 82.1 cm³/mol. The Kier molecular flexibility index (Phi) is 5.16. The highest BCUT2D eigenvalue weighted by Gasteiger charge is 2.21. The summed E-state index contributed by atoms with van der Waals surface area (Å²) in [6.45, 7) is 0. The minimum absolute atomic E-state index is 0.327. The Morgan fingerprint density at radius 2 is 2.00 bits per heavy atom. The topological polar surface area (TPSA) is 82.2 Å². The molecule has 0 aliphatic carbocycles. The number of hydrogen-bond acceptors (Lipinski definition) is 2. The smallest absolute Gasteiger partial charge is 0.326 e. The number of aromatic amines is 1. The van der Waals surface area contributed by atoms with Crippen LogP contribution < -0.4 is 5.32 Å². The van der Waals surface area contributed by atoms with Crippen LogP contribution >= 0.6 is 15.9 Å². The molecule has 0 aliphatic heterocycles. The van der Waals surface area contributed by atoms with Crippen LogP contribution in [0.2, 0.25) is 0 Å². The number of rotatable bonds is 6. The minimum Gasteiger partial charge on any atom is -0.480 e. The lowest BCUT2D eigenvalue weighted by atomic mass is 10.1. The highest BCUT2D eigenvalue weighted by Crippen LogP contribution is 2.11. The monoisotopic (exact) mass is 350 g/mol. The number of aromatic nitrogens is 1. The largest absolute Gasteiger partial charge is 0.480 e. The van der Waals surface area contributed by atoms with E-state index in [4.69, 9.17) is 0 Å². The summed E-state index contributed by atoms with van der Waals surface area (Å²) in [7, 11) is 0. The van der Waals surface area contributed by atoms with Gasteiger partial charge in [-0.1, -0.05) is 30.3 Å². The second kappa shape index (κ2) is 7.08. The number of aryl methyl sites for hydroxylation is 1. The van der Waals surface area contributed by atoms with Gasteiger partial charge in [0, 0.05) is 10.7 Å². The Balaban J connectivity index is 1.96. The molecule has 21 heavy (non-hydrogen) atoms. The van der Waals surface area contributed by atoms with Gasteiger partial charge in [-0.25, -0.2) is 4.79 Å². The van der Waals surface area contributed by atoms with Crippen molar-refractivity contribution in [1.29, 1.82) is 0 Å². The van der Waals surface area contributed by atoms with Crippen LogP contribution in [0.15, 0.2) is 47.1 Å². The first-order valence-corrected chi connectivity index (χ1v) is 7.27. The molecule has 1 amide bonds. The summed E-state index contributed by atoms with van der Waals surface area (Å²) in [5.41, 5.74) is 1.37. The molecule has 0 fully saturated rings. The van der Waals surface area contributed by atoms with Gasteiger partial charge in [-0.15, -0.1) is 0 Å². The van der Waals surface area contributed by atoms with Crippen LogP contribution in [0.1, 0.15) is 22.5 Å². The molecule has 0 saturated carbocycles. The van der Waals surface area contributed by atoms with Gasteiger partial charge < -0.3 is 15.4 Å². The van der Waals surface area contributed by atoms with Crippen molar-refractivity contribution in [2.75, 3.05) is 0 Å². The van der Waals surface area contributed by atoms with Crippen molar-refractivity contribution < 1.29 is 14.7 Å². The average Bonchev–Trinajstić information content (AvgIpc) is 2.90. The number of carboxylic acid groups (broad SMARTS) is 1. The van der Waals surface area contributed by atoms with Gasteiger partial charge in [-0.05, 0) is 40.4 Å². The van der Waals surface area contributed by atoms with Gasteiger partial charge in [0.1, 0.15) is 11.7 Å². The van der Waals surface area contributed by atoms with Crippen LogP contribution in [0.3, 0.4) is 0 Å². The number of nitrogens with one attached hydrogen (secondary N) is 2. The normalized spacial score (nSPS) is 11.9. The van der Waals surface area contributed by atoms with E-state index in [-0.39, 0.29) is 0 Å². The van der Waals surface area contributed by atoms with Crippen molar-refractivity contribution in [2.45, 2.75) is 18.9 Å². The molecule has 1 atom stereocenters. The molecule has 5 nitrogen and oxygen atoms in total. The van der Waals surface area contributed by atoms with Gasteiger partial charge in [0.05, 0.1) is 0 Å². The second-order valence-corrected chi connectivity index (χ2v) is 5.54. The zero-order valence-corrected chi connectivity index (χ0v) is 12.8. The van der Waals surface area contributed by atoms with Gasteiger partial charge in [0.25, 0.3) is 5.91 Å². The van der Waals surface area contributed by atoms with Crippen molar-refractivity contribution in [3.05, 3.63) is 58.3 Å². The molecule has 0 unspecified atom stereocenters. The second-order valence-electron chi connectivity index (χ2n) is 4.62. The predicted octanol–water partition coefficient (Wildman–Crippen LogP) is 2.59. The molecule has 2 aromatic rings. The lowest BCUT2D eigenvalue weighted by molar-refractivity contribution is -0.139. The van der Waals surface area contributed by atoms with E-state index in [1.165, 1.54) is 0 Å². The molecular weight excluding hydrogens is 336 g/mol. The Morgan fingerprint density at radius 3 is 2.57 bits per heavy atom. The lowest BCUT2D eigenvalue weighted by Crippen LogP contribution is -2.41. The lowest BCUT2D eigenvalue weighted by Gasteiger charge is -2.14. The first kappa shape index (κ1) is 15.3. The van der Waals surface area contributed by atoms with E-state index in [9.17, 15) is 14.7 Å². The summed E-state index contributed by atoms with van der Waals surface area (Å²) in [4.78, 5) is 26.0. The van der Waals surface area contributed by atoms with E-state index < -0.39 is 17.9 Å². The summed E-state index contributed by atoms with van der Waals surface area (Å²) in [5, 5.41) is 11.7. The number of hydrogen-bond donors (Lipinski definition) is 3. The molecule has 0 bridgehead atoms. The zero-order chi connectivity index (χ0) is 15.2. The SMILES string of the molecule is O=C(N[C@@H](CCc1ccccc1)C(=O)O)c1cc(Br)c[nH]1. The molecule has 2 rings (SSSR count). The van der Waals surface area contributed by atoms with Crippen LogP contribution in [0.4, 0.5) is 0 Å². The number of H-pyrrole nitrogens is 1. The van der Waals surface area contributed by atoms with Crippen molar-refractivity contribution in [1.82, 2.24) is 10.3 Å². The average molecular weight is 351 g/mol. The van der Waals surface area contributed by atoms with Crippen LogP contribution in [-0.2, 0) is 11.2 Å². The number of carbonyl (C=O) groups is 2. The number of halogens is 1. The summed E-state index contributed by atoms with van der Waals surface area (Å²) in [5.74, 6) is -1.47. The summed E-state index contributed by atoms with van der Waals surface area (Å²) < 4.78 is 0.740. The van der Waals surface area contributed by atoms with E-state index in [1.54, 1.807) is 12.3 Å². The molecule has 0 radical (unpaired) electrons. The van der Waals surface area contributed by atoms with E-state index in [2.05, 4.69) is 26.2 Å². The number of benzene rings is 1. The maximum atomic E-state index is 12.0. The molecule has 3 N–H and O–H groups in total. The Hall–Kier alpha value is -2.08. The molecule has 1 aromatic carbocycles. The molecule has 1 aromatic heterocycles. The number of carbonyl (C=O) groups excluding carboxylic acids is 1. The van der Waals surface area contributed by atoms with Crippen LogP contribution in [0, 0.1) is 0 Å². The first-order chi connectivity index (χ1) is 10.1. The summed E-state index contributed by atoms with van der Waals surface area (Å²) >= 11 is 3.23. The first-order valence-electron chi connectivity index (χ1n) is 6.48. The molecule has 0 aliphatic rings. The highest BCUT2D eigenvalue weighted by molar-refractivity contribution is 9.10. The van der Waals surface area contributed by atoms with Gasteiger partial charge in [-0.3, -0.25) is 4.79 Å². The molecule has 0 spiro atoms. The minimum atomic E-state index is -1.04. The molecule has 110 valence electrons. The molecular formula is C15H15BrN2O3. The van der Waals surface area contributed by atoms with Crippen LogP contribution in [-0.4, -0.2) is 28.0 Å². The maximum absolute atomic E-state index is 12.0. The van der Waals surface area contributed by atoms with Crippen LogP contribution in [0.25, 0.3) is 0 Å². The van der Waals surface area contributed by atoms with Crippen LogP contribution in [0.5, 0.6) is 0 Å². The Bertz CT molecular complexity index is 625. The van der Waals surface area contributed by atoms with Gasteiger partial charge in [-0.2, -0.15) is 0 Å². The third-order valence-corrected chi connectivity index (χ3v) is 3.52. The zero-order valence-electron chi connectivity index (χ0n) is 11.2. The third kappa shape index (κ3) is 4.46. The number of carboxylic acids is 1. The standard InChI is InChI=1S/C15H15BrN2O3/c16-11-8-13(17-9-11)14(19)18-12(15(20)21)7-6-10-4-2-1-3-5-10/h1-5,8-9,12,17H,6-7H2,(H,18,19)(H,20,21)/t12-/m0/s1.